The van der Waals surface area contributed by atoms with Crippen molar-refractivity contribution in [2.75, 3.05) is 20.3 Å². The Hall–Kier alpha value is -3.38. The number of hydrogen-bond donors (Lipinski definition) is 1. The average molecular weight is 438 g/mol. The Kier molecular flexibility index (Phi) is 6.48. The van der Waals surface area contributed by atoms with Crippen LogP contribution in [0.3, 0.4) is 0 Å². The van der Waals surface area contributed by atoms with Gasteiger partial charge in [-0.1, -0.05) is 35.9 Å². The minimum absolute atomic E-state index is 0.407. The van der Waals surface area contributed by atoms with Crippen LogP contribution >= 0.6 is 11.6 Å². The number of hydrogen-bond acceptors (Lipinski definition) is 4. The lowest BCUT2D eigenvalue weighted by Crippen LogP contribution is -2.28. The Bertz CT molecular complexity index is 1210. The highest BCUT2D eigenvalue weighted by Crippen LogP contribution is 2.25. The summed E-state index contributed by atoms with van der Waals surface area (Å²) in [7, 11) is 1.62. The fourth-order valence-corrected chi connectivity index (χ4v) is 3.64. The molecule has 0 atom stereocenters. The smallest absolute Gasteiger partial charge is 0.203 e. The number of nitrogens with zero attached hydrogens (tertiary/aromatic N) is 2. The molecule has 0 unspecified atom stereocenters. The number of para-hydroxylation sites is 4. The van der Waals surface area contributed by atoms with Gasteiger partial charge in [0.1, 0.15) is 19.0 Å². The number of nitrogens with one attached hydrogen (secondary N) is 1. The second kappa shape index (κ2) is 9.62. The van der Waals surface area contributed by atoms with Crippen LogP contribution in [0.15, 0.2) is 72.8 Å². The van der Waals surface area contributed by atoms with Gasteiger partial charge in [-0.15, -0.1) is 0 Å². The van der Waals surface area contributed by atoms with E-state index in [0.29, 0.717) is 48.4 Å². The SMILES string of the molecule is COc1ccccc1OCCn1c(=N)n(CCOc2ccc(Cl)cc2)c2ccccc21. The van der Waals surface area contributed by atoms with E-state index in [1.807, 2.05) is 69.8 Å². The summed E-state index contributed by atoms with van der Waals surface area (Å²) in [6.45, 7) is 1.97. The molecule has 0 aliphatic rings. The van der Waals surface area contributed by atoms with Crippen LogP contribution < -0.4 is 19.8 Å². The predicted molar refractivity (Wildman–Crippen MR) is 121 cm³/mol. The van der Waals surface area contributed by atoms with Crippen LogP contribution in [0.5, 0.6) is 17.2 Å². The quantitative estimate of drug-likeness (QED) is 0.411. The molecule has 31 heavy (non-hydrogen) atoms. The number of imidazole rings is 1. The zero-order valence-corrected chi connectivity index (χ0v) is 18.0. The van der Waals surface area contributed by atoms with E-state index < -0.39 is 0 Å². The van der Waals surface area contributed by atoms with Crippen molar-refractivity contribution in [3.05, 3.63) is 83.4 Å². The maximum absolute atomic E-state index is 8.72. The lowest BCUT2D eigenvalue weighted by molar-refractivity contribution is 0.276. The molecule has 4 rings (SSSR count). The zero-order valence-electron chi connectivity index (χ0n) is 17.3. The lowest BCUT2D eigenvalue weighted by atomic mass is 10.3. The molecule has 6 nitrogen and oxygen atoms in total. The number of fused-ring (bicyclic) bond motifs is 1. The van der Waals surface area contributed by atoms with E-state index in [9.17, 15) is 0 Å². The normalized spacial score (nSPS) is 10.9. The standard InChI is InChI=1S/C24H24ClN3O3/c1-29-22-8-4-5-9-23(22)31-17-15-28-21-7-3-2-6-20(21)27(24(28)26)14-16-30-19-12-10-18(25)11-13-19/h2-13,26H,14-17H2,1H3. The molecule has 1 N–H and O–H groups in total. The average Bonchev–Trinajstić information content (AvgIpc) is 3.07. The molecule has 160 valence electrons. The molecule has 4 aromatic rings. The predicted octanol–water partition coefficient (Wildman–Crippen LogP) is 4.74. The molecule has 0 saturated heterocycles. The highest BCUT2D eigenvalue weighted by Gasteiger charge is 2.11. The molecule has 0 aliphatic heterocycles. The van der Waals surface area contributed by atoms with Gasteiger partial charge < -0.3 is 23.3 Å². The van der Waals surface area contributed by atoms with E-state index in [0.717, 1.165) is 16.8 Å². The first-order chi connectivity index (χ1) is 15.2. The molecular formula is C24H24ClN3O3. The molecule has 0 saturated carbocycles. The molecule has 0 bridgehead atoms. The molecule has 0 aliphatic carbocycles. The van der Waals surface area contributed by atoms with Crippen LogP contribution in [0.2, 0.25) is 5.02 Å². The van der Waals surface area contributed by atoms with Crippen molar-refractivity contribution in [1.82, 2.24) is 9.13 Å². The summed E-state index contributed by atoms with van der Waals surface area (Å²) < 4.78 is 21.0. The molecule has 0 amide bonds. The summed E-state index contributed by atoms with van der Waals surface area (Å²) in [5, 5.41) is 9.39. The van der Waals surface area contributed by atoms with E-state index in [-0.39, 0.29) is 0 Å². The molecular weight excluding hydrogens is 414 g/mol. The van der Waals surface area contributed by atoms with E-state index >= 15 is 0 Å². The van der Waals surface area contributed by atoms with Crippen molar-refractivity contribution < 1.29 is 14.2 Å². The van der Waals surface area contributed by atoms with Crippen LogP contribution in [-0.2, 0) is 13.1 Å². The third-order valence-corrected chi connectivity index (χ3v) is 5.27. The highest BCUT2D eigenvalue weighted by molar-refractivity contribution is 6.30. The van der Waals surface area contributed by atoms with Gasteiger partial charge in [-0.3, -0.25) is 5.41 Å². The lowest BCUT2D eigenvalue weighted by Gasteiger charge is -2.11. The third-order valence-electron chi connectivity index (χ3n) is 5.01. The Morgan fingerprint density at radius 2 is 1.29 bits per heavy atom. The second-order valence-electron chi connectivity index (χ2n) is 6.92. The fraction of sp³-hybridized carbons (Fsp3) is 0.208. The van der Waals surface area contributed by atoms with Gasteiger partial charge in [0.25, 0.3) is 0 Å². The van der Waals surface area contributed by atoms with Gasteiger partial charge in [0.15, 0.2) is 11.5 Å². The number of benzene rings is 3. The number of ether oxygens (including phenoxy) is 3. The molecule has 1 aromatic heterocycles. The van der Waals surface area contributed by atoms with Gasteiger partial charge in [-0.25, -0.2) is 0 Å². The number of rotatable bonds is 9. The van der Waals surface area contributed by atoms with Crippen molar-refractivity contribution in [2.24, 2.45) is 0 Å². The maximum Gasteiger partial charge on any atom is 0.203 e. The largest absolute Gasteiger partial charge is 0.493 e. The molecule has 0 fully saturated rings. The number of halogens is 1. The topological polar surface area (TPSA) is 61.4 Å². The Morgan fingerprint density at radius 1 is 0.742 bits per heavy atom. The molecule has 0 radical (unpaired) electrons. The first-order valence-electron chi connectivity index (χ1n) is 10.0. The Balaban J connectivity index is 1.48. The van der Waals surface area contributed by atoms with Gasteiger partial charge in [0, 0.05) is 5.02 Å². The van der Waals surface area contributed by atoms with Gasteiger partial charge in [-0.2, -0.15) is 0 Å². The van der Waals surface area contributed by atoms with Crippen LogP contribution in [0, 0.1) is 5.41 Å². The summed E-state index contributed by atoms with van der Waals surface area (Å²) in [4.78, 5) is 0. The van der Waals surface area contributed by atoms with Gasteiger partial charge >= 0.3 is 0 Å². The molecule has 3 aromatic carbocycles. The summed E-state index contributed by atoms with van der Waals surface area (Å²) in [5.74, 6) is 2.14. The summed E-state index contributed by atoms with van der Waals surface area (Å²) >= 11 is 5.92. The van der Waals surface area contributed by atoms with E-state index in [1.165, 1.54) is 0 Å². The first kappa shape index (κ1) is 20.9. The summed E-state index contributed by atoms with van der Waals surface area (Å²) in [6.07, 6.45) is 0. The van der Waals surface area contributed by atoms with Crippen LogP contribution in [0.4, 0.5) is 0 Å². The van der Waals surface area contributed by atoms with Gasteiger partial charge in [0.2, 0.25) is 5.62 Å². The maximum atomic E-state index is 8.72. The van der Waals surface area contributed by atoms with Crippen molar-refractivity contribution in [2.45, 2.75) is 13.1 Å². The number of aromatic nitrogens is 2. The Labute approximate surface area is 185 Å². The first-order valence-corrected chi connectivity index (χ1v) is 10.4. The van der Waals surface area contributed by atoms with E-state index in [1.54, 1.807) is 19.2 Å². The molecule has 0 spiro atoms. The van der Waals surface area contributed by atoms with Crippen molar-refractivity contribution in [3.8, 4) is 17.2 Å². The van der Waals surface area contributed by atoms with E-state index in [4.69, 9.17) is 31.2 Å². The van der Waals surface area contributed by atoms with Gasteiger partial charge in [-0.05, 0) is 48.5 Å². The Morgan fingerprint density at radius 3 is 1.90 bits per heavy atom. The summed E-state index contributed by atoms with van der Waals surface area (Å²) in [6, 6.07) is 22.8. The molecule has 1 heterocycles. The van der Waals surface area contributed by atoms with Crippen LogP contribution in [-0.4, -0.2) is 29.5 Å². The third kappa shape index (κ3) is 4.70. The number of methoxy groups -OCH3 is 1. The second-order valence-corrected chi connectivity index (χ2v) is 7.35. The van der Waals surface area contributed by atoms with Crippen molar-refractivity contribution in [3.63, 3.8) is 0 Å². The van der Waals surface area contributed by atoms with Crippen LogP contribution in [0.25, 0.3) is 11.0 Å². The van der Waals surface area contributed by atoms with Crippen molar-refractivity contribution >= 4 is 22.6 Å². The zero-order chi connectivity index (χ0) is 21.6. The van der Waals surface area contributed by atoms with E-state index in [2.05, 4.69) is 0 Å². The minimum Gasteiger partial charge on any atom is -0.493 e. The van der Waals surface area contributed by atoms with Crippen LogP contribution in [0.1, 0.15) is 0 Å². The summed E-state index contributed by atoms with van der Waals surface area (Å²) in [5.41, 5.74) is 2.39. The van der Waals surface area contributed by atoms with Crippen molar-refractivity contribution in [1.29, 1.82) is 5.41 Å². The highest BCUT2D eigenvalue weighted by atomic mass is 35.5. The minimum atomic E-state index is 0.407. The fourth-order valence-electron chi connectivity index (χ4n) is 3.52. The monoisotopic (exact) mass is 437 g/mol. The van der Waals surface area contributed by atoms with Gasteiger partial charge in [0.05, 0.1) is 31.2 Å². The molecule has 7 heteroatoms.